The van der Waals surface area contributed by atoms with Crippen LogP contribution in [0, 0.1) is 0 Å². The summed E-state index contributed by atoms with van der Waals surface area (Å²) in [5, 5.41) is 2.44. The van der Waals surface area contributed by atoms with E-state index in [1.165, 1.54) is 71.9 Å². The summed E-state index contributed by atoms with van der Waals surface area (Å²) < 4.78 is 2.42. The number of hydrogen-bond acceptors (Lipinski definition) is 1. The van der Waals surface area contributed by atoms with Crippen molar-refractivity contribution in [1.82, 2.24) is 4.57 Å². The van der Waals surface area contributed by atoms with Crippen molar-refractivity contribution in [2.75, 3.05) is 4.90 Å². The maximum absolute atomic E-state index is 2.50. The quantitative estimate of drug-likeness (QED) is 0.149. The van der Waals surface area contributed by atoms with Crippen molar-refractivity contribution in [3.8, 4) is 39.1 Å². The number of hydrogen-bond donors (Lipinski definition) is 0. The summed E-state index contributed by atoms with van der Waals surface area (Å²) in [6.07, 6.45) is 0. The van der Waals surface area contributed by atoms with E-state index in [1.807, 2.05) is 0 Å². The number of fused-ring (bicyclic) bond motifs is 6. The van der Waals surface area contributed by atoms with E-state index in [2.05, 4.69) is 264 Å². The first kappa shape index (κ1) is 36.6. The van der Waals surface area contributed by atoms with Crippen LogP contribution in [0.5, 0.6) is 0 Å². The molecule has 296 valence electrons. The van der Waals surface area contributed by atoms with Gasteiger partial charge in [-0.05, 0) is 105 Å². The van der Waals surface area contributed by atoms with Gasteiger partial charge in [0, 0.05) is 33.4 Å². The highest BCUT2D eigenvalue weighted by Crippen LogP contribution is 2.58. The monoisotopic (exact) mass is 802 g/mol. The molecule has 0 radical (unpaired) electrons. The molecule has 0 spiro atoms. The average Bonchev–Trinajstić information content (AvgIpc) is 3.86. The average molecular weight is 803 g/mol. The molecule has 2 heteroatoms. The molecule has 63 heavy (non-hydrogen) atoms. The van der Waals surface area contributed by atoms with Crippen molar-refractivity contribution < 1.29 is 0 Å². The van der Waals surface area contributed by atoms with Gasteiger partial charge in [0.2, 0.25) is 0 Å². The van der Waals surface area contributed by atoms with Gasteiger partial charge in [0.25, 0.3) is 0 Å². The van der Waals surface area contributed by atoms with Crippen LogP contribution in [0.1, 0.15) is 22.3 Å². The Bertz CT molecular complexity index is 3370. The number of aromatic nitrogens is 1. The van der Waals surface area contributed by atoms with Crippen molar-refractivity contribution in [3.63, 3.8) is 0 Å². The number of nitrogens with zero attached hydrogens (tertiary/aromatic N) is 2. The van der Waals surface area contributed by atoms with Crippen LogP contribution in [0.2, 0.25) is 0 Å². The molecule has 0 N–H and O–H groups in total. The Morgan fingerprint density at radius 2 is 0.873 bits per heavy atom. The van der Waals surface area contributed by atoms with Crippen LogP contribution in [-0.4, -0.2) is 4.57 Å². The first-order valence-corrected chi connectivity index (χ1v) is 21.8. The summed E-state index contributed by atoms with van der Waals surface area (Å²) in [5.41, 5.74) is 18.5. The molecule has 0 saturated carbocycles. The zero-order valence-electron chi connectivity index (χ0n) is 34.6. The molecule has 0 atom stereocenters. The van der Waals surface area contributed by atoms with Crippen LogP contribution in [0.3, 0.4) is 0 Å². The van der Waals surface area contributed by atoms with Gasteiger partial charge in [0.1, 0.15) is 0 Å². The number of anilines is 3. The lowest BCUT2D eigenvalue weighted by Crippen LogP contribution is -2.28. The van der Waals surface area contributed by atoms with E-state index in [0.29, 0.717) is 0 Å². The third-order valence-electron chi connectivity index (χ3n) is 13.1. The summed E-state index contributed by atoms with van der Waals surface area (Å²) >= 11 is 0. The molecule has 0 bridgehead atoms. The highest BCUT2D eigenvalue weighted by molar-refractivity contribution is 6.19. The third kappa shape index (κ3) is 5.80. The maximum atomic E-state index is 2.50. The molecular formula is C61H42N2. The topological polar surface area (TPSA) is 8.17 Å². The van der Waals surface area contributed by atoms with Gasteiger partial charge in [-0.1, -0.05) is 200 Å². The molecule has 2 nitrogen and oxygen atoms in total. The lowest BCUT2D eigenvalue weighted by atomic mass is 9.67. The molecule has 10 aromatic carbocycles. The minimum absolute atomic E-state index is 0.539. The summed E-state index contributed by atoms with van der Waals surface area (Å²) in [6.45, 7) is 0. The first-order chi connectivity index (χ1) is 31.3. The second kappa shape index (κ2) is 15.1. The van der Waals surface area contributed by atoms with E-state index < -0.39 is 5.41 Å². The first-order valence-electron chi connectivity index (χ1n) is 21.8. The molecular weight excluding hydrogens is 761 g/mol. The maximum Gasteiger partial charge on any atom is 0.0714 e. The van der Waals surface area contributed by atoms with Crippen LogP contribution in [0.15, 0.2) is 255 Å². The Kier molecular flexibility index (Phi) is 8.76. The highest BCUT2D eigenvalue weighted by atomic mass is 15.1. The minimum Gasteiger partial charge on any atom is -0.310 e. The van der Waals surface area contributed by atoms with Crippen LogP contribution in [-0.2, 0) is 5.41 Å². The van der Waals surface area contributed by atoms with Gasteiger partial charge in [-0.3, -0.25) is 0 Å². The Labute approximate surface area is 368 Å². The Morgan fingerprint density at radius 1 is 0.349 bits per heavy atom. The fourth-order valence-corrected chi connectivity index (χ4v) is 10.4. The van der Waals surface area contributed by atoms with Crippen molar-refractivity contribution >= 4 is 38.9 Å². The molecule has 0 unspecified atom stereocenters. The summed E-state index contributed by atoms with van der Waals surface area (Å²) in [6, 6.07) is 93.4. The lowest BCUT2D eigenvalue weighted by Gasteiger charge is -2.35. The fraction of sp³-hybridized carbons (Fsp3) is 0.0164. The largest absolute Gasteiger partial charge is 0.310 e. The van der Waals surface area contributed by atoms with Gasteiger partial charge in [0.15, 0.2) is 0 Å². The van der Waals surface area contributed by atoms with E-state index in [1.54, 1.807) is 0 Å². The molecule has 0 amide bonds. The molecule has 1 aliphatic rings. The Balaban J connectivity index is 1.18. The molecule has 0 fully saturated rings. The fourth-order valence-electron chi connectivity index (χ4n) is 10.4. The van der Waals surface area contributed by atoms with Crippen LogP contribution < -0.4 is 4.90 Å². The molecule has 1 aromatic heterocycles. The summed E-state index contributed by atoms with van der Waals surface area (Å²) in [7, 11) is 0. The third-order valence-corrected chi connectivity index (χ3v) is 13.1. The Hall–Kier alpha value is -8.20. The van der Waals surface area contributed by atoms with Gasteiger partial charge >= 0.3 is 0 Å². The van der Waals surface area contributed by atoms with Gasteiger partial charge in [0.05, 0.1) is 22.1 Å². The lowest BCUT2D eigenvalue weighted by molar-refractivity contribution is 0.768. The molecule has 11 aromatic rings. The van der Waals surface area contributed by atoms with E-state index >= 15 is 0 Å². The smallest absolute Gasteiger partial charge is 0.0714 e. The van der Waals surface area contributed by atoms with Crippen molar-refractivity contribution in [3.05, 3.63) is 277 Å². The van der Waals surface area contributed by atoms with E-state index in [9.17, 15) is 0 Å². The standard InChI is InChI=1S/C61H42N2/c1-6-20-43(21-7-1)44-34-36-49(37-35-44)62(50-38-39-52-51-30-16-18-32-54(51)61(55(52)42-50,46-24-10-3-11-25-46)47-26-12-4-13-27-47)57-40-41-58-60(59(57)45-22-8-2-9-23-45)53-31-17-19-33-56(53)63(58)48-28-14-5-15-29-48/h1-42H. The predicted octanol–water partition coefficient (Wildman–Crippen LogP) is 16.0. The summed E-state index contributed by atoms with van der Waals surface area (Å²) in [4.78, 5) is 2.50. The number of rotatable bonds is 8. The SMILES string of the molecule is c1ccc(-c2ccc(N(c3ccc4c(c3)C(c3ccccc3)(c3ccccc3)c3ccccc3-4)c3ccc4c(c3-c3ccccc3)c3ccccc3n4-c3ccccc3)cc2)cc1. The molecule has 0 saturated heterocycles. The predicted molar refractivity (Wildman–Crippen MR) is 264 cm³/mol. The van der Waals surface area contributed by atoms with Crippen LogP contribution >= 0.6 is 0 Å². The molecule has 12 rings (SSSR count). The molecule has 1 aliphatic carbocycles. The van der Waals surface area contributed by atoms with Gasteiger partial charge in [-0.25, -0.2) is 0 Å². The molecule has 1 heterocycles. The van der Waals surface area contributed by atoms with E-state index in [4.69, 9.17) is 0 Å². The van der Waals surface area contributed by atoms with Crippen LogP contribution in [0.4, 0.5) is 17.1 Å². The Morgan fingerprint density at radius 3 is 1.56 bits per heavy atom. The number of para-hydroxylation sites is 2. The van der Waals surface area contributed by atoms with Crippen LogP contribution in [0.25, 0.3) is 60.9 Å². The second-order valence-electron chi connectivity index (χ2n) is 16.4. The zero-order valence-corrected chi connectivity index (χ0v) is 34.6. The number of benzene rings is 10. The van der Waals surface area contributed by atoms with Gasteiger partial charge in [-0.15, -0.1) is 0 Å². The molecule has 0 aliphatic heterocycles. The minimum atomic E-state index is -0.539. The van der Waals surface area contributed by atoms with E-state index in [-0.39, 0.29) is 0 Å². The highest BCUT2D eigenvalue weighted by Gasteiger charge is 2.46. The van der Waals surface area contributed by atoms with Gasteiger partial charge < -0.3 is 9.47 Å². The van der Waals surface area contributed by atoms with Crippen molar-refractivity contribution in [2.24, 2.45) is 0 Å². The van der Waals surface area contributed by atoms with Crippen molar-refractivity contribution in [1.29, 1.82) is 0 Å². The second-order valence-corrected chi connectivity index (χ2v) is 16.4. The normalized spacial score (nSPS) is 12.6. The zero-order chi connectivity index (χ0) is 41.7. The van der Waals surface area contributed by atoms with Gasteiger partial charge in [-0.2, -0.15) is 0 Å². The summed E-state index contributed by atoms with van der Waals surface area (Å²) in [5.74, 6) is 0. The van der Waals surface area contributed by atoms with E-state index in [0.717, 1.165) is 28.3 Å². The van der Waals surface area contributed by atoms with Crippen molar-refractivity contribution in [2.45, 2.75) is 5.41 Å².